The summed E-state index contributed by atoms with van der Waals surface area (Å²) in [5, 5.41) is 0. The summed E-state index contributed by atoms with van der Waals surface area (Å²) < 4.78 is 4.78. The third kappa shape index (κ3) is 3.70. The third-order valence-electron chi connectivity index (χ3n) is 3.85. The lowest BCUT2D eigenvalue weighted by molar-refractivity contribution is -0.147. The van der Waals surface area contributed by atoms with E-state index < -0.39 is 0 Å². The summed E-state index contributed by atoms with van der Waals surface area (Å²) >= 11 is 0. The normalized spacial score (nSPS) is 21.0. The minimum absolute atomic E-state index is 0.130. The number of hydrogen-bond donors (Lipinski definition) is 0. The molecule has 0 aromatic carbocycles. The van der Waals surface area contributed by atoms with Crippen molar-refractivity contribution in [2.75, 3.05) is 33.3 Å². The fourth-order valence-electron chi connectivity index (χ4n) is 2.36. The molecular formula is C13H24N2O3. The van der Waals surface area contributed by atoms with Gasteiger partial charge in [0, 0.05) is 39.1 Å². The van der Waals surface area contributed by atoms with Crippen LogP contribution in [0.15, 0.2) is 0 Å². The summed E-state index contributed by atoms with van der Waals surface area (Å²) in [7, 11) is 1.42. The maximum atomic E-state index is 11.5. The highest BCUT2D eigenvalue weighted by Crippen LogP contribution is 2.15. The molecule has 1 rings (SSSR count). The first-order valence-electron chi connectivity index (χ1n) is 6.54. The molecule has 1 amide bonds. The minimum atomic E-state index is -0.171. The van der Waals surface area contributed by atoms with Gasteiger partial charge in [0.05, 0.1) is 13.0 Å². The Labute approximate surface area is 109 Å². The molecule has 0 spiro atoms. The maximum absolute atomic E-state index is 11.5. The van der Waals surface area contributed by atoms with Crippen LogP contribution in [0.3, 0.4) is 0 Å². The standard InChI is InChI=1S/C13H24N2O3/c1-10(13(17)18-4)11(2)14-6-5-7-15(9-8-14)12(3)16/h10-11H,5-9H2,1-4H3. The Kier molecular flexibility index (Phi) is 5.59. The summed E-state index contributed by atoms with van der Waals surface area (Å²) in [6.07, 6.45) is 0.956. The zero-order valence-electron chi connectivity index (χ0n) is 11.8. The van der Waals surface area contributed by atoms with Crippen molar-refractivity contribution in [3.05, 3.63) is 0 Å². The molecule has 0 saturated carbocycles. The van der Waals surface area contributed by atoms with Crippen molar-refractivity contribution in [2.24, 2.45) is 5.92 Å². The second kappa shape index (κ2) is 6.73. The molecule has 5 heteroatoms. The largest absolute Gasteiger partial charge is 0.469 e. The molecule has 1 fully saturated rings. The van der Waals surface area contributed by atoms with Crippen molar-refractivity contribution < 1.29 is 14.3 Å². The van der Waals surface area contributed by atoms with Gasteiger partial charge in [0.15, 0.2) is 0 Å². The molecule has 1 aliphatic rings. The van der Waals surface area contributed by atoms with E-state index in [-0.39, 0.29) is 23.8 Å². The second-order valence-corrected chi connectivity index (χ2v) is 4.95. The average Bonchev–Trinajstić information content (AvgIpc) is 2.61. The van der Waals surface area contributed by atoms with E-state index in [1.807, 2.05) is 18.7 Å². The Bertz CT molecular complexity index is 307. The van der Waals surface area contributed by atoms with Crippen molar-refractivity contribution in [3.8, 4) is 0 Å². The molecule has 0 aromatic rings. The fourth-order valence-corrected chi connectivity index (χ4v) is 2.36. The molecule has 0 N–H and O–H groups in total. The van der Waals surface area contributed by atoms with Crippen molar-refractivity contribution in [1.29, 1.82) is 0 Å². The van der Waals surface area contributed by atoms with Crippen LogP contribution in [0.1, 0.15) is 27.2 Å². The van der Waals surface area contributed by atoms with Gasteiger partial charge < -0.3 is 9.64 Å². The lowest BCUT2D eigenvalue weighted by Gasteiger charge is -2.30. The Morgan fingerprint density at radius 3 is 2.33 bits per heavy atom. The number of hydrogen-bond acceptors (Lipinski definition) is 4. The van der Waals surface area contributed by atoms with E-state index in [2.05, 4.69) is 4.90 Å². The number of amides is 1. The van der Waals surface area contributed by atoms with Crippen molar-refractivity contribution in [3.63, 3.8) is 0 Å². The van der Waals surface area contributed by atoms with Crippen LogP contribution < -0.4 is 0 Å². The molecule has 104 valence electrons. The lowest BCUT2D eigenvalue weighted by atomic mass is 10.0. The zero-order valence-corrected chi connectivity index (χ0v) is 11.8. The van der Waals surface area contributed by atoms with Gasteiger partial charge in [-0.15, -0.1) is 0 Å². The summed E-state index contributed by atoms with van der Waals surface area (Å²) in [5.74, 6) is -0.181. The highest BCUT2D eigenvalue weighted by atomic mass is 16.5. The number of esters is 1. The van der Waals surface area contributed by atoms with Crippen LogP contribution in [-0.4, -0.2) is 61.0 Å². The first-order chi connectivity index (χ1) is 8.47. The van der Waals surface area contributed by atoms with E-state index >= 15 is 0 Å². The molecule has 0 bridgehead atoms. The topological polar surface area (TPSA) is 49.9 Å². The summed E-state index contributed by atoms with van der Waals surface area (Å²) in [6, 6.07) is 0.143. The summed E-state index contributed by atoms with van der Waals surface area (Å²) in [6.45, 7) is 8.85. The van der Waals surface area contributed by atoms with Gasteiger partial charge >= 0.3 is 5.97 Å². The SMILES string of the molecule is COC(=O)C(C)C(C)N1CCCN(C(C)=O)CC1. The number of rotatable bonds is 3. The number of carbonyl (C=O) groups excluding carboxylic acids is 2. The Morgan fingerprint density at radius 2 is 1.78 bits per heavy atom. The molecule has 0 aromatic heterocycles. The predicted octanol–water partition coefficient (Wildman–Crippen LogP) is 0.738. The molecule has 1 aliphatic heterocycles. The van der Waals surface area contributed by atoms with Crippen LogP contribution in [0.2, 0.25) is 0 Å². The summed E-state index contributed by atoms with van der Waals surface area (Å²) in [5.41, 5.74) is 0. The van der Waals surface area contributed by atoms with Crippen LogP contribution >= 0.6 is 0 Å². The number of nitrogens with zero attached hydrogens (tertiary/aromatic N) is 2. The first-order valence-corrected chi connectivity index (χ1v) is 6.54. The minimum Gasteiger partial charge on any atom is -0.469 e. The van der Waals surface area contributed by atoms with E-state index in [0.717, 1.165) is 32.6 Å². The van der Waals surface area contributed by atoms with Gasteiger partial charge in [-0.1, -0.05) is 6.92 Å². The van der Waals surface area contributed by atoms with Crippen LogP contribution in [-0.2, 0) is 14.3 Å². The molecule has 2 unspecified atom stereocenters. The van der Waals surface area contributed by atoms with Crippen LogP contribution in [0.4, 0.5) is 0 Å². The first kappa shape index (κ1) is 15.0. The van der Waals surface area contributed by atoms with E-state index in [0.29, 0.717) is 0 Å². The fraction of sp³-hybridized carbons (Fsp3) is 0.846. The van der Waals surface area contributed by atoms with Crippen LogP contribution in [0, 0.1) is 5.92 Å². The molecule has 18 heavy (non-hydrogen) atoms. The van der Waals surface area contributed by atoms with Gasteiger partial charge in [0.2, 0.25) is 5.91 Å². The Hall–Kier alpha value is -1.10. The Morgan fingerprint density at radius 1 is 1.11 bits per heavy atom. The number of ether oxygens (including phenoxy) is 1. The average molecular weight is 256 g/mol. The highest BCUT2D eigenvalue weighted by Gasteiger charge is 2.28. The second-order valence-electron chi connectivity index (χ2n) is 4.95. The predicted molar refractivity (Wildman–Crippen MR) is 69.1 cm³/mol. The molecule has 0 radical (unpaired) electrons. The third-order valence-corrected chi connectivity index (χ3v) is 3.85. The van der Waals surface area contributed by atoms with Gasteiger partial charge in [0.25, 0.3) is 0 Å². The van der Waals surface area contributed by atoms with Crippen LogP contribution in [0.5, 0.6) is 0 Å². The van der Waals surface area contributed by atoms with Gasteiger partial charge in [-0.2, -0.15) is 0 Å². The quantitative estimate of drug-likeness (QED) is 0.699. The number of methoxy groups -OCH3 is 1. The van der Waals surface area contributed by atoms with Gasteiger partial charge in [-0.25, -0.2) is 0 Å². The molecule has 5 nitrogen and oxygen atoms in total. The van der Waals surface area contributed by atoms with Crippen molar-refractivity contribution in [1.82, 2.24) is 9.80 Å². The van der Waals surface area contributed by atoms with Gasteiger partial charge in [-0.05, 0) is 13.3 Å². The Balaban J connectivity index is 2.57. The van der Waals surface area contributed by atoms with E-state index in [1.165, 1.54) is 7.11 Å². The zero-order chi connectivity index (χ0) is 13.7. The van der Waals surface area contributed by atoms with Crippen molar-refractivity contribution in [2.45, 2.75) is 33.2 Å². The molecule has 2 atom stereocenters. The highest BCUT2D eigenvalue weighted by molar-refractivity contribution is 5.73. The maximum Gasteiger partial charge on any atom is 0.309 e. The van der Waals surface area contributed by atoms with Gasteiger partial charge in [0.1, 0.15) is 0 Å². The molecular weight excluding hydrogens is 232 g/mol. The molecule has 1 saturated heterocycles. The monoisotopic (exact) mass is 256 g/mol. The smallest absolute Gasteiger partial charge is 0.309 e. The van der Waals surface area contributed by atoms with E-state index in [9.17, 15) is 9.59 Å². The lowest BCUT2D eigenvalue weighted by Crippen LogP contribution is -2.43. The molecule has 1 heterocycles. The number of carbonyl (C=O) groups is 2. The molecule has 0 aliphatic carbocycles. The van der Waals surface area contributed by atoms with Crippen molar-refractivity contribution >= 4 is 11.9 Å². The summed E-state index contributed by atoms with van der Waals surface area (Å²) in [4.78, 5) is 27.0. The van der Waals surface area contributed by atoms with E-state index in [4.69, 9.17) is 4.74 Å². The van der Waals surface area contributed by atoms with Gasteiger partial charge in [-0.3, -0.25) is 14.5 Å². The van der Waals surface area contributed by atoms with Crippen LogP contribution in [0.25, 0.3) is 0 Å². The van der Waals surface area contributed by atoms with E-state index in [1.54, 1.807) is 6.92 Å².